The van der Waals surface area contributed by atoms with Crippen LogP contribution in [0.4, 0.5) is 0 Å². The molecule has 0 saturated carbocycles. The van der Waals surface area contributed by atoms with Crippen molar-refractivity contribution in [1.82, 2.24) is 19.5 Å². The molecular weight excluding hydrogens is 356 g/mol. The number of rotatable bonds is 5. The van der Waals surface area contributed by atoms with E-state index in [4.69, 9.17) is 0 Å². The summed E-state index contributed by atoms with van der Waals surface area (Å²) in [7, 11) is 0. The third-order valence-electron chi connectivity index (χ3n) is 5.09. The monoisotopic (exact) mass is 380 g/mol. The Morgan fingerprint density at radius 1 is 1.19 bits per heavy atom. The molecule has 0 N–H and O–H groups in total. The van der Waals surface area contributed by atoms with Crippen molar-refractivity contribution in [3.63, 3.8) is 0 Å². The third kappa shape index (κ3) is 4.16. The SMILES string of the molecule is Cc1ccc(CSCC(=O)N2CCCC(c3nnc4ccccn34)C2)cc1. The minimum absolute atomic E-state index is 0.227. The van der Waals surface area contributed by atoms with Gasteiger partial charge in [0.25, 0.3) is 0 Å². The standard InChI is InChI=1S/C21H24N4OS/c1-16-7-9-17(10-8-16)14-27-15-20(26)24-11-4-5-18(13-24)21-23-22-19-6-2-3-12-25(19)21/h2-3,6-10,12,18H,4-5,11,13-15H2,1H3. The van der Waals surface area contributed by atoms with E-state index >= 15 is 0 Å². The van der Waals surface area contributed by atoms with E-state index in [2.05, 4.69) is 41.4 Å². The number of fused-ring (bicyclic) bond motifs is 1. The lowest BCUT2D eigenvalue weighted by molar-refractivity contribution is -0.129. The fourth-order valence-electron chi connectivity index (χ4n) is 3.58. The van der Waals surface area contributed by atoms with Crippen molar-refractivity contribution >= 4 is 23.3 Å². The zero-order valence-corrected chi connectivity index (χ0v) is 16.4. The molecule has 3 aromatic rings. The summed E-state index contributed by atoms with van der Waals surface area (Å²) in [4.78, 5) is 14.7. The Kier molecular flexibility index (Phi) is 5.43. The Labute approximate surface area is 163 Å². The molecule has 0 aliphatic carbocycles. The van der Waals surface area contributed by atoms with Gasteiger partial charge in [0.2, 0.25) is 5.91 Å². The third-order valence-corrected chi connectivity index (χ3v) is 6.08. The highest BCUT2D eigenvalue weighted by Crippen LogP contribution is 2.26. The average Bonchev–Trinajstić information content (AvgIpc) is 3.14. The highest BCUT2D eigenvalue weighted by molar-refractivity contribution is 7.99. The summed E-state index contributed by atoms with van der Waals surface area (Å²) in [6.45, 7) is 3.67. The molecule has 0 bridgehead atoms. The maximum absolute atomic E-state index is 12.7. The maximum Gasteiger partial charge on any atom is 0.232 e. The molecule has 1 fully saturated rings. The smallest absolute Gasteiger partial charge is 0.232 e. The Balaban J connectivity index is 1.35. The number of carbonyl (C=O) groups is 1. The van der Waals surface area contributed by atoms with E-state index in [1.165, 1.54) is 11.1 Å². The van der Waals surface area contributed by atoms with Crippen molar-refractivity contribution in [2.75, 3.05) is 18.8 Å². The quantitative estimate of drug-likeness (QED) is 0.678. The molecule has 1 aromatic carbocycles. The molecule has 0 spiro atoms. The van der Waals surface area contributed by atoms with Gasteiger partial charge in [0.05, 0.1) is 5.75 Å². The molecule has 3 heterocycles. The van der Waals surface area contributed by atoms with Gasteiger partial charge in [-0.3, -0.25) is 9.20 Å². The van der Waals surface area contributed by atoms with Gasteiger partial charge in [0, 0.05) is 31.0 Å². The van der Waals surface area contributed by atoms with Crippen LogP contribution in [0.2, 0.25) is 0 Å². The molecule has 27 heavy (non-hydrogen) atoms. The molecule has 140 valence electrons. The number of carbonyl (C=O) groups excluding carboxylic acids is 1. The number of aromatic nitrogens is 3. The van der Waals surface area contributed by atoms with E-state index in [1.54, 1.807) is 11.8 Å². The van der Waals surface area contributed by atoms with Crippen molar-refractivity contribution < 1.29 is 4.79 Å². The van der Waals surface area contributed by atoms with E-state index in [0.717, 1.165) is 43.2 Å². The first-order valence-electron chi connectivity index (χ1n) is 9.41. The van der Waals surface area contributed by atoms with Crippen molar-refractivity contribution in [2.24, 2.45) is 0 Å². The lowest BCUT2D eigenvalue weighted by Crippen LogP contribution is -2.40. The molecular formula is C21H24N4OS. The Morgan fingerprint density at radius 2 is 2.04 bits per heavy atom. The van der Waals surface area contributed by atoms with Crippen molar-refractivity contribution in [2.45, 2.75) is 31.4 Å². The summed E-state index contributed by atoms with van der Waals surface area (Å²) < 4.78 is 2.05. The number of benzene rings is 1. The van der Waals surface area contributed by atoms with Gasteiger partial charge in [-0.1, -0.05) is 35.9 Å². The largest absolute Gasteiger partial charge is 0.341 e. The van der Waals surface area contributed by atoms with E-state index < -0.39 is 0 Å². The highest BCUT2D eigenvalue weighted by atomic mass is 32.2. The van der Waals surface area contributed by atoms with Crippen LogP contribution in [-0.4, -0.2) is 44.2 Å². The van der Waals surface area contributed by atoms with Crippen LogP contribution in [0.1, 0.15) is 35.7 Å². The van der Waals surface area contributed by atoms with Crippen LogP contribution < -0.4 is 0 Å². The molecule has 0 radical (unpaired) electrons. The summed E-state index contributed by atoms with van der Waals surface area (Å²) in [6, 6.07) is 14.4. The van der Waals surface area contributed by atoms with E-state index in [0.29, 0.717) is 5.75 Å². The number of aryl methyl sites for hydroxylation is 1. The van der Waals surface area contributed by atoms with Gasteiger partial charge in [-0.05, 0) is 37.5 Å². The van der Waals surface area contributed by atoms with Gasteiger partial charge in [-0.15, -0.1) is 22.0 Å². The predicted octanol–water partition coefficient (Wildman–Crippen LogP) is 3.68. The second kappa shape index (κ2) is 8.13. The predicted molar refractivity (Wildman–Crippen MR) is 109 cm³/mol. The number of pyridine rings is 1. The van der Waals surface area contributed by atoms with Crippen LogP contribution in [0.25, 0.3) is 5.65 Å². The molecule has 1 unspecified atom stereocenters. The molecule has 4 rings (SSSR count). The lowest BCUT2D eigenvalue weighted by Gasteiger charge is -2.32. The lowest BCUT2D eigenvalue weighted by atomic mass is 9.97. The zero-order chi connectivity index (χ0) is 18.6. The first kappa shape index (κ1) is 18.0. The number of nitrogens with zero attached hydrogens (tertiary/aromatic N) is 4. The molecule has 1 aliphatic heterocycles. The summed E-state index contributed by atoms with van der Waals surface area (Å²) in [5.74, 6) is 2.85. The molecule has 5 nitrogen and oxygen atoms in total. The van der Waals surface area contributed by atoms with Gasteiger partial charge in [-0.25, -0.2) is 0 Å². The van der Waals surface area contributed by atoms with E-state index in [1.807, 2.05) is 33.7 Å². The number of amides is 1. The van der Waals surface area contributed by atoms with E-state index in [9.17, 15) is 4.79 Å². The minimum atomic E-state index is 0.227. The number of hydrogen-bond donors (Lipinski definition) is 0. The number of likely N-dealkylation sites (tertiary alicyclic amines) is 1. The molecule has 1 aliphatic rings. The second-order valence-electron chi connectivity index (χ2n) is 7.14. The highest BCUT2D eigenvalue weighted by Gasteiger charge is 2.27. The van der Waals surface area contributed by atoms with Crippen LogP contribution in [0.3, 0.4) is 0 Å². The van der Waals surface area contributed by atoms with Gasteiger partial charge in [0.1, 0.15) is 5.82 Å². The fourth-order valence-corrected chi connectivity index (χ4v) is 4.47. The molecule has 6 heteroatoms. The fraction of sp³-hybridized carbons (Fsp3) is 0.381. The van der Waals surface area contributed by atoms with Gasteiger partial charge in [0.15, 0.2) is 5.65 Å². The number of piperidine rings is 1. The molecule has 1 amide bonds. The first-order valence-corrected chi connectivity index (χ1v) is 10.6. The summed E-state index contributed by atoms with van der Waals surface area (Å²) in [5, 5.41) is 8.65. The van der Waals surface area contributed by atoms with Crippen molar-refractivity contribution in [1.29, 1.82) is 0 Å². The second-order valence-corrected chi connectivity index (χ2v) is 8.13. The Hall–Kier alpha value is -2.34. The van der Waals surface area contributed by atoms with E-state index in [-0.39, 0.29) is 11.8 Å². The van der Waals surface area contributed by atoms with Crippen LogP contribution in [0.15, 0.2) is 48.7 Å². The minimum Gasteiger partial charge on any atom is -0.341 e. The maximum atomic E-state index is 12.7. The van der Waals surface area contributed by atoms with Crippen molar-refractivity contribution in [3.05, 3.63) is 65.6 Å². The topological polar surface area (TPSA) is 50.5 Å². The molecule has 1 atom stereocenters. The summed E-state index contributed by atoms with van der Waals surface area (Å²) in [6.07, 6.45) is 4.07. The van der Waals surface area contributed by atoms with Crippen molar-refractivity contribution in [3.8, 4) is 0 Å². The van der Waals surface area contributed by atoms with Gasteiger partial charge in [-0.2, -0.15) is 0 Å². The van der Waals surface area contributed by atoms with Gasteiger partial charge < -0.3 is 4.90 Å². The molecule has 1 saturated heterocycles. The Morgan fingerprint density at radius 3 is 2.89 bits per heavy atom. The summed E-state index contributed by atoms with van der Waals surface area (Å²) in [5.41, 5.74) is 3.40. The first-order chi connectivity index (χ1) is 13.2. The Bertz CT molecular complexity index is 921. The number of hydrogen-bond acceptors (Lipinski definition) is 4. The van der Waals surface area contributed by atoms with Crippen LogP contribution in [-0.2, 0) is 10.5 Å². The number of thioether (sulfide) groups is 1. The average molecular weight is 381 g/mol. The zero-order valence-electron chi connectivity index (χ0n) is 15.5. The normalized spacial score (nSPS) is 17.4. The van der Waals surface area contributed by atoms with Crippen LogP contribution in [0, 0.1) is 6.92 Å². The molecule has 2 aromatic heterocycles. The summed E-state index contributed by atoms with van der Waals surface area (Å²) >= 11 is 1.69. The van der Waals surface area contributed by atoms with Crippen LogP contribution >= 0.6 is 11.8 Å². The van der Waals surface area contributed by atoms with Crippen LogP contribution in [0.5, 0.6) is 0 Å². The van der Waals surface area contributed by atoms with Gasteiger partial charge >= 0.3 is 0 Å².